The molecule has 3 heteroatoms. The molecule has 1 saturated heterocycles. The topological polar surface area (TPSA) is 32.3 Å². The maximum atomic E-state index is 12.5. The minimum absolute atomic E-state index is 0.0468. The van der Waals surface area contributed by atoms with Crippen LogP contribution in [0.4, 0.5) is 5.69 Å². The summed E-state index contributed by atoms with van der Waals surface area (Å²) in [6, 6.07) is 16.2. The Morgan fingerprint density at radius 2 is 1.78 bits per heavy atom. The van der Waals surface area contributed by atoms with E-state index in [2.05, 4.69) is 48.3 Å². The highest BCUT2D eigenvalue weighted by Crippen LogP contribution is 2.18. The molecule has 1 heterocycles. The summed E-state index contributed by atoms with van der Waals surface area (Å²) in [5, 5.41) is 3.00. The Balaban J connectivity index is 1.54. The van der Waals surface area contributed by atoms with Crippen molar-refractivity contribution in [2.75, 3.05) is 18.4 Å². The van der Waals surface area contributed by atoms with Crippen molar-refractivity contribution >= 4 is 11.6 Å². The highest BCUT2D eigenvalue weighted by molar-refractivity contribution is 6.04. The molecule has 144 valence electrons. The molecular weight excluding hydrogens is 332 g/mol. The van der Waals surface area contributed by atoms with Gasteiger partial charge in [-0.05, 0) is 73.5 Å². The molecule has 2 aromatic rings. The second kappa shape index (κ2) is 9.70. The molecule has 27 heavy (non-hydrogen) atoms. The van der Waals surface area contributed by atoms with E-state index in [1.54, 1.807) is 0 Å². The normalized spacial score (nSPS) is 17.6. The summed E-state index contributed by atoms with van der Waals surface area (Å²) in [5.74, 6) is 0.742. The first-order chi connectivity index (χ1) is 13.1. The molecule has 1 aliphatic heterocycles. The molecule has 1 atom stereocenters. The molecule has 1 N–H and O–H groups in total. The molecule has 0 aromatic heterocycles. The number of carbonyl (C=O) groups excluding carboxylic acids is 1. The minimum atomic E-state index is -0.0468. The predicted molar refractivity (Wildman–Crippen MR) is 113 cm³/mol. The van der Waals surface area contributed by atoms with Crippen LogP contribution in [0.25, 0.3) is 0 Å². The fourth-order valence-electron chi connectivity index (χ4n) is 3.79. The number of nitrogens with one attached hydrogen (secondary N) is 1. The van der Waals surface area contributed by atoms with Crippen LogP contribution in [-0.4, -0.2) is 23.9 Å². The van der Waals surface area contributed by atoms with E-state index in [0.717, 1.165) is 24.6 Å². The van der Waals surface area contributed by atoms with Crippen LogP contribution < -0.4 is 5.32 Å². The maximum Gasteiger partial charge on any atom is 0.255 e. The van der Waals surface area contributed by atoms with Gasteiger partial charge in [0.15, 0.2) is 0 Å². The number of carbonyl (C=O) groups is 1. The first-order valence-electron chi connectivity index (χ1n) is 10.4. The van der Waals surface area contributed by atoms with Gasteiger partial charge in [-0.3, -0.25) is 9.69 Å². The van der Waals surface area contributed by atoms with E-state index in [-0.39, 0.29) is 5.91 Å². The van der Waals surface area contributed by atoms with Gasteiger partial charge in [-0.25, -0.2) is 0 Å². The molecule has 0 aliphatic carbocycles. The Labute approximate surface area is 163 Å². The quantitative estimate of drug-likeness (QED) is 0.702. The van der Waals surface area contributed by atoms with Gasteiger partial charge in [0.05, 0.1) is 0 Å². The van der Waals surface area contributed by atoms with Crippen LogP contribution in [0.3, 0.4) is 0 Å². The van der Waals surface area contributed by atoms with Crippen molar-refractivity contribution in [3.8, 4) is 0 Å². The van der Waals surface area contributed by atoms with Crippen LogP contribution in [0, 0.1) is 5.92 Å². The Hall–Kier alpha value is -2.13. The maximum absolute atomic E-state index is 12.5. The van der Waals surface area contributed by atoms with E-state index in [1.807, 2.05) is 24.3 Å². The van der Waals surface area contributed by atoms with E-state index < -0.39 is 0 Å². The number of likely N-dealkylation sites (tertiary alicyclic amines) is 1. The van der Waals surface area contributed by atoms with Gasteiger partial charge in [-0.2, -0.15) is 0 Å². The van der Waals surface area contributed by atoms with Crippen molar-refractivity contribution in [2.24, 2.45) is 5.92 Å². The number of aryl methyl sites for hydroxylation is 1. The summed E-state index contributed by atoms with van der Waals surface area (Å²) in [6.45, 7) is 7.87. The first kappa shape index (κ1) is 19.6. The predicted octanol–water partition coefficient (Wildman–Crippen LogP) is 5.51. The standard InChI is InChI=1S/C24H32N2O/c1-3-4-7-20-10-14-23(15-11-20)25-24(27)22-12-8-21(9-13-22)18-26-16-5-6-19(2)17-26/h8-15,19H,3-7,16-18H2,1-2H3,(H,25,27). The van der Waals surface area contributed by atoms with Gasteiger partial charge < -0.3 is 5.32 Å². The summed E-state index contributed by atoms with van der Waals surface area (Å²) in [5.41, 5.74) is 4.17. The fourth-order valence-corrected chi connectivity index (χ4v) is 3.79. The number of hydrogen-bond acceptors (Lipinski definition) is 2. The van der Waals surface area contributed by atoms with E-state index in [9.17, 15) is 4.79 Å². The molecule has 1 amide bonds. The molecule has 2 aromatic carbocycles. The smallest absolute Gasteiger partial charge is 0.255 e. The number of nitrogens with zero attached hydrogens (tertiary/aromatic N) is 1. The van der Waals surface area contributed by atoms with Crippen LogP contribution in [0.2, 0.25) is 0 Å². The molecule has 3 nitrogen and oxygen atoms in total. The van der Waals surface area contributed by atoms with Gasteiger partial charge >= 0.3 is 0 Å². The zero-order valence-corrected chi connectivity index (χ0v) is 16.7. The van der Waals surface area contributed by atoms with Gasteiger partial charge in [0.2, 0.25) is 0 Å². The van der Waals surface area contributed by atoms with Crippen LogP contribution in [0.15, 0.2) is 48.5 Å². The molecule has 1 aliphatic rings. The zero-order chi connectivity index (χ0) is 19.1. The van der Waals surface area contributed by atoms with Gasteiger partial charge in [0.25, 0.3) is 5.91 Å². The van der Waals surface area contributed by atoms with Crippen molar-refractivity contribution in [3.63, 3.8) is 0 Å². The van der Waals surface area contributed by atoms with E-state index in [4.69, 9.17) is 0 Å². The average Bonchev–Trinajstić information content (AvgIpc) is 2.68. The number of benzene rings is 2. The van der Waals surface area contributed by atoms with Crippen LogP contribution in [0.5, 0.6) is 0 Å². The lowest BCUT2D eigenvalue weighted by molar-refractivity contribution is 0.102. The number of hydrogen-bond donors (Lipinski definition) is 1. The molecule has 3 rings (SSSR count). The average molecular weight is 365 g/mol. The zero-order valence-electron chi connectivity index (χ0n) is 16.7. The summed E-state index contributed by atoms with van der Waals surface area (Å²) < 4.78 is 0. The molecule has 0 bridgehead atoms. The van der Waals surface area contributed by atoms with Crippen molar-refractivity contribution in [3.05, 3.63) is 65.2 Å². The largest absolute Gasteiger partial charge is 0.322 e. The Morgan fingerprint density at radius 3 is 2.44 bits per heavy atom. The lowest BCUT2D eigenvalue weighted by Gasteiger charge is -2.30. The SMILES string of the molecule is CCCCc1ccc(NC(=O)c2ccc(CN3CCCC(C)C3)cc2)cc1. The fraction of sp³-hybridized carbons (Fsp3) is 0.458. The van der Waals surface area contributed by atoms with Gasteiger partial charge in [-0.1, -0.05) is 44.5 Å². The van der Waals surface area contributed by atoms with Crippen molar-refractivity contribution in [1.82, 2.24) is 4.90 Å². The summed E-state index contributed by atoms with van der Waals surface area (Å²) >= 11 is 0. The third-order valence-corrected chi connectivity index (χ3v) is 5.39. The third-order valence-electron chi connectivity index (χ3n) is 5.39. The van der Waals surface area contributed by atoms with Crippen LogP contribution in [0.1, 0.15) is 61.0 Å². The van der Waals surface area contributed by atoms with Crippen molar-refractivity contribution < 1.29 is 4.79 Å². The molecule has 0 radical (unpaired) electrons. The second-order valence-corrected chi connectivity index (χ2v) is 7.93. The van der Waals surface area contributed by atoms with E-state index in [1.165, 1.54) is 49.9 Å². The van der Waals surface area contributed by atoms with Gasteiger partial charge in [0.1, 0.15) is 0 Å². The summed E-state index contributed by atoms with van der Waals surface area (Å²) in [6.07, 6.45) is 6.13. The second-order valence-electron chi connectivity index (χ2n) is 7.93. The van der Waals surface area contributed by atoms with Gasteiger partial charge in [0, 0.05) is 24.3 Å². The van der Waals surface area contributed by atoms with Gasteiger partial charge in [-0.15, -0.1) is 0 Å². The number of unbranched alkanes of at least 4 members (excludes halogenated alkanes) is 1. The van der Waals surface area contributed by atoms with Crippen LogP contribution >= 0.6 is 0 Å². The molecule has 0 spiro atoms. The van der Waals surface area contributed by atoms with E-state index in [0.29, 0.717) is 5.56 Å². The molecule has 1 fully saturated rings. The van der Waals surface area contributed by atoms with Crippen molar-refractivity contribution in [2.45, 2.75) is 52.5 Å². The lowest BCUT2D eigenvalue weighted by Crippen LogP contribution is -2.33. The number of piperidine rings is 1. The Kier molecular flexibility index (Phi) is 7.05. The Bertz CT molecular complexity index is 721. The monoisotopic (exact) mass is 364 g/mol. The van der Waals surface area contributed by atoms with Crippen molar-refractivity contribution in [1.29, 1.82) is 0 Å². The first-order valence-corrected chi connectivity index (χ1v) is 10.4. The summed E-state index contributed by atoms with van der Waals surface area (Å²) in [7, 11) is 0. The molecule has 0 saturated carbocycles. The third kappa shape index (κ3) is 5.93. The number of amides is 1. The lowest BCUT2D eigenvalue weighted by atomic mass is 9.99. The highest BCUT2D eigenvalue weighted by Gasteiger charge is 2.16. The highest BCUT2D eigenvalue weighted by atomic mass is 16.1. The molecular formula is C24H32N2O. The van der Waals surface area contributed by atoms with E-state index >= 15 is 0 Å². The Morgan fingerprint density at radius 1 is 1.07 bits per heavy atom. The minimum Gasteiger partial charge on any atom is -0.322 e. The molecule has 1 unspecified atom stereocenters. The number of anilines is 1. The summed E-state index contributed by atoms with van der Waals surface area (Å²) in [4.78, 5) is 15.0. The van der Waals surface area contributed by atoms with Crippen LogP contribution in [-0.2, 0) is 13.0 Å². The number of rotatable bonds is 7.